The number of methoxy groups -OCH3 is 3. The monoisotopic (exact) mass is 630 g/mol. The van der Waals surface area contributed by atoms with Gasteiger partial charge in [-0.15, -0.1) is 0 Å². The number of esters is 1. The van der Waals surface area contributed by atoms with Crippen molar-refractivity contribution < 1.29 is 33.3 Å². The highest BCUT2D eigenvalue weighted by Gasteiger charge is 2.64. The van der Waals surface area contributed by atoms with E-state index in [1.54, 1.807) is 24.5 Å². The average molecular weight is 631 g/mol. The molecule has 0 amide bonds. The number of hydrogen-bond donors (Lipinski definition) is 1. The van der Waals surface area contributed by atoms with Gasteiger partial charge in [-0.2, -0.15) is 0 Å². The van der Waals surface area contributed by atoms with Gasteiger partial charge in [0.25, 0.3) is 5.56 Å². The van der Waals surface area contributed by atoms with E-state index >= 15 is 4.79 Å². The van der Waals surface area contributed by atoms with E-state index in [2.05, 4.69) is 5.32 Å². The summed E-state index contributed by atoms with van der Waals surface area (Å²) in [6.45, 7) is 3.97. The van der Waals surface area contributed by atoms with Crippen LogP contribution >= 0.6 is 11.6 Å². The maximum Gasteiger partial charge on any atom is 0.336 e. The molecule has 1 spiro atoms. The molecule has 3 aliphatic heterocycles. The van der Waals surface area contributed by atoms with E-state index < -0.39 is 35.0 Å². The summed E-state index contributed by atoms with van der Waals surface area (Å²) in [5.74, 6) is -3.38. The number of pyridine rings is 1. The Morgan fingerprint density at radius 1 is 1.09 bits per heavy atom. The van der Waals surface area contributed by atoms with E-state index in [4.69, 9.17) is 30.5 Å². The van der Waals surface area contributed by atoms with Crippen molar-refractivity contribution in [1.29, 1.82) is 0 Å². The smallest absolute Gasteiger partial charge is 0.336 e. The van der Waals surface area contributed by atoms with Crippen molar-refractivity contribution in [3.05, 3.63) is 84.9 Å². The van der Waals surface area contributed by atoms with Crippen LogP contribution < -0.4 is 25.1 Å². The predicted molar refractivity (Wildman–Crippen MR) is 165 cm³/mol. The summed E-state index contributed by atoms with van der Waals surface area (Å²) in [7, 11) is 4.07. The van der Waals surface area contributed by atoms with Gasteiger partial charge in [-0.1, -0.05) is 36.7 Å². The van der Waals surface area contributed by atoms with Gasteiger partial charge < -0.3 is 28.8 Å². The molecule has 3 aromatic rings. The van der Waals surface area contributed by atoms with E-state index in [0.29, 0.717) is 17.9 Å². The highest BCUT2D eigenvalue weighted by atomic mass is 35.5. The van der Waals surface area contributed by atoms with Gasteiger partial charge in [0.1, 0.15) is 22.1 Å². The van der Waals surface area contributed by atoms with Crippen LogP contribution in [0, 0.1) is 5.92 Å². The molecule has 1 N–H and O–H groups in total. The molecule has 4 aliphatic rings. The van der Waals surface area contributed by atoms with Crippen molar-refractivity contribution in [2.45, 2.75) is 51.2 Å². The van der Waals surface area contributed by atoms with Crippen LogP contribution in [0.5, 0.6) is 17.2 Å². The van der Waals surface area contributed by atoms with Crippen molar-refractivity contribution in [1.82, 2.24) is 9.88 Å². The Morgan fingerprint density at radius 3 is 2.56 bits per heavy atom. The first-order chi connectivity index (χ1) is 21.6. The fourth-order valence-electron chi connectivity index (χ4n) is 7.56. The number of allylic oxidation sites excluding steroid dienone is 2. The number of fused-ring (bicyclic) bond motifs is 1. The number of ether oxygens (including phenoxy) is 4. The molecule has 7 rings (SSSR count). The number of rotatable bonds is 4. The number of aromatic nitrogens is 1. The number of aryl methyl sites for hydroxylation is 2. The summed E-state index contributed by atoms with van der Waals surface area (Å²) in [6, 6.07) is 9.10. The molecule has 0 saturated carbocycles. The molecule has 45 heavy (non-hydrogen) atoms. The second-order valence-corrected chi connectivity index (χ2v) is 12.3. The third-order valence-corrected chi connectivity index (χ3v) is 9.98. The number of dihydropyridines is 1. The lowest BCUT2D eigenvalue weighted by Crippen LogP contribution is -2.58. The van der Waals surface area contributed by atoms with Crippen LogP contribution in [0.15, 0.2) is 57.7 Å². The highest BCUT2D eigenvalue weighted by Crippen LogP contribution is 2.56. The minimum Gasteiger partial charge on any atom is -0.496 e. The molecule has 0 fully saturated rings. The molecule has 0 radical (unpaired) electrons. The lowest BCUT2D eigenvalue weighted by atomic mass is 9.65. The Balaban J connectivity index is 1.47. The van der Waals surface area contributed by atoms with E-state index in [1.165, 1.54) is 27.4 Å². The molecule has 2 aromatic carbocycles. The number of nitrogens with zero attached hydrogens (tertiary/aromatic N) is 1. The summed E-state index contributed by atoms with van der Waals surface area (Å²) in [4.78, 5) is 57.3. The molecule has 3 atom stereocenters. The maximum absolute atomic E-state index is 15.0. The van der Waals surface area contributed by atoms with Gasteiger partial charge in [0, 0.05) is 41.1 Å². The summed E-state index contributed by atoms with van der Waals surface area (Å²) >= 11 is 6.63. The minimum absolute atomic E-state index is 0.00918. The molecule has 3 unspecified atom stereocenters. The van der Waals surface area contributed by atoms with E-state index in [9.17, 15) is 14.4 Å². The normalized spacial score (nSPS) is 23.5. The Kier molecular flexibility index (Phi) is 6.63. The standard InChI is InChI=1S/C34H31ClN2O8/c1-15-12-20-25(30(38)34(15)31(39)26-21(42-3)14-22(43-4)27(35)29(26)45-34)24(23(16(2)36-20)33(41)44-5)19-13-18-9-6-8-17-10-7-11-37(28(17)18)32(19)40/h6,8-9,13-15,24,36H,7,10-12H2,1-5H3. The zero-order valence-corrected chi connectivity index (χ0v) is 26.2. The Bertz CT molecular complexity index is 2010. The SMILES string of the molecule is COC(=O)C1=C(C)NC2=C(C(=O)C3(Oc4c(Cl)c(OC)cc(OC)c4C3=O)C(C)C2)C1c1cc2cccc3c2n(c1=O)CCC3. The quantitative estimate of drug-likeness (QED) is 0.325. The molecule has 1 aromatic heterocycles. The van der Waals surface area contributed by atoms with Crippen LogP contribution in [-0.4, -0.2) is 49.0 Å². The zero-order valence-electron chi connectivity index (χ0n) is 25.5. The average Bonchev–Trinajstić information content (AvgIpc) is 3.35. The van der Waals surface area contributed by atoms with Gasteiger partial charge >= 0.3 is 5.97 Å². The van der Waals surface area contributed by atoms with Crippen molar-refractivity contribution in [3.8, 4) is 17.2 Å². The van der Waals surface area contributed by atoms with Gasteiger partial charge in [-0.3, -0.25) is 14.4 Å². The number of benzene rings is 2. The number of halogens is 1. The lowest BCUT2D eigenvalue weighted by molar-refractivity contribution is -0.136. The molecule has 1 aliphatic carbocycles. The molecule has 4 heterocycles. The van der Waals surface area contributed by atoms with Gasteiger partial charge in [0.2, 0.25) is 17.2 Å². The fraction of sp³-hybridized carbons (Fsp3) is 0.353. The first-order valence-electron chi connectivity index (χ1n) is 14.8. The van der Waals surface area contributed by atoms with Crippen LogP contribution in [-0.2, 0) is 27.3 Å². The summed E-state index contributed by atoms with van der Waals surface area (Å²) in [5.41, 5.74) is 1.08. The first-order valence-corrected chi connectivity index (χ1v) is 15.1. The molecule has 0 bridgehead atoms. The minimum atomic E-state index is -2.02. The Labute approximate surface area is 263 Å². The topological polar surface area (TPSA) is 122 Å². The predicted octanol–water partition coefficient (Wildman–Crippen LogP) is 4.63. The second-order valence-electron chi connectivity index (χ2n) is 11.9. The molecule has 232 valence electrons. The number of Topliss-reactive ketones (excluding diaryl/α,β-unsaturated/α-hetero) is 2. The number of carbonyl (C=O) groups is 3. The van der Waals surface area contributed by atoms with Gasteiger partial charge in [-0.05, 0) is 43.2 Å². The number of hydrogen-bond acceptors (Lipinski definition) is 9. The van der Waals surface area contributed by atoms with E-state index in [0.717, 1.165) is 29.3 Å². The van der Waals surface area contributed by atoms with Crippen molar-refractivity contribution in [3.63, 3.8) is 0 Å². The fourth-order valence-corrected chi connectivity index (χ4v) is 7.82. The second kappa shape index (κ2) is 10.2. The molecular formula is C34H31ClN2O8. The van der Waals surface area contributed by atoms with E-state index in [-0.39, 0.29) is 56.5 Å². The van der Waals surface area contributed by atoms with E-state index in [1.807, 2.05) is 18.2 Å². The molecule has 10 nitrogen and oxygen atoms in total. The van der Waals surface area contributed by atoms with Crippen LogP contribution in [0.2, 0.25) is 5.02 Å². The molecule has 11 heteroatoms. The van der Waals surface area contributed by atoms with Crippen LogP contribution in [0.25, 0.3) is 10.9 Å². The van der Waals surface area contributed by atoms with Gasteiger partial charge in [0.05, 0.1) is 38.3 Å². The number of nitrogens with one attached hydrogen (secondary N) is 1. The Hall–Kier alpha value is -4.57. The third-order valence-electron chi connectivity index (χ3n) is 9.62. The summed E-state index contributed by atoms with van der Waals surface area (Å²) in [6.07, 6.45) is 1.84. The lowest BCUT2D eigenvalue weighted by Gasteiger charge is -2.42. The van der Waals surface area contributed by atoms with Crippen molar-refractivity contribution in [2.24, 2.45) is 5.92 Å². The summed E-state index contributed by atoms with van der Waals surface area (Å²) in [5, 5.41) is 4.09. The van der Waals surface area contributed by atoms with Gasteiger partial charge in [0.15, 0.2) is 5.75 Å². The molecular weight excluding hydrogens is 600 g/mol. The summed E-state index contributed by atoms with van der Waals surface area (Å²) < 4.78 is 24.2. The third kappa shape index (κ3) is 3.81. The van der Waals surface area contributed by atoms with Crippen LogP contribution in [0.3, 0.4) is 0 Å². The first kappa shape index (κ1) is 29.2. The Morgan fingerprint density at radius 2 is 1.84 bits per heavy atom. The maximum atomic E-state index is 15.0. The highest BCUT2D eigenvalue weighted by molar-refractivity contribution is 6.36. The van der Waals surface area contributed by atoms with Crippen LogP contribution in [0.4, 0.5) is 0 Å². The number of carbonyl (C=O) groups excluding carboxylic acids is 3. The zero-order chi connectivity index (χ0) is 31.9. The van der Waals surface area contributed by atoms with Gasteiger partial charge in [-0.25, -0.2) is 4.79 Å². The van der Waals surface area contributed by atoms with Crippen molar-refractivity contribution in [2.75, 3.05) is 21.3 Å². The number of para-hydroxylation sites is 1. The van der Waals surface area contributed by atoms with Crippen LogP contribution in [0.1, 0.15) is 54.1 Å². The van der Waals surface area contributed by atoms with Crippen molar-refractivity contribution >= 4 is 40.0 Å². The molecule has 0 saturated heterocycles. The largest absolute Gasteiger partial charge is 0.496 e. The number of ketones is 2.